The van der Waals surface area contributed by atoms with Gasteiger partial charge in [0.1, 0.15) is 6.61 Å². The van der Waals surface area contributed by atoms with E-state index >= 15 is 0 Å². The van der Waals surface area contributed by atoms with Crippen molar-refractivity contribution in [2.24, 2.45) is 0 Å². The summed E-state index contributed by atoms with van der Waals surface area (Å²) in [5.41, 5.74) is 0.666. The molecule has 0 saturated heterocycles. The molecule has 0 saturated carbocycles. The molecule has 1 aromatic rings. The second-order valence-electron chi connectivity index (χ2n) is 5.43. The van der Waals surface area contributed by atoms with Crippen molar-refractivity contribution in [2.45, 2.75) is 26.8 Å². The van der Waals surface area contributed by atoms with Crippen LogP contribution in [0.5, 0.6) is 0 Å². The van der Waals surface area contributed by atoms with E-state index in [9.17, 15) is 14.4 Å². The van der Waals surface area contributed by atoms with Crippen molar-refractivity contribution in [2.75, 3.05) is 6.61 Å². The quantitative estimate of drug-likeness (QED) is 0.554. The van der Waals surface area contributed by atoms with E-state index in [0.717, 1.165) is 5.56 Å². The van der Waals surface area contributed by atoms with Gasteiger partial charge < -0.3 is 9.30 Å². The molecule has 0 unspecified atom stereocenters. The van der Waals surface area contributed by atoms with Crippen molar-refractivity contribution in [3.8, 4) is 11.5 Å². The van der Waals surface area contributed by atoms with Gasteiger partial charge in [0.25, 0.3) is 5.56 Å². The third-order valence-corrected chi connectivity index (χ3v) is 4.13. The average molecular weight is 363 g/mol. The van der Waals surface area contributed by atoms with E-state index in [2.05, 4.69) is 15.0 Å². The van der Waals surface area contributed by atoms with Crippen LogP contribution in [-0.2, 0) is 22.5 Å². The molecule has 0 atom stereocenters. The molecule has 2 heterocycles. The molecule has 0 aliphatic carbocycles. The van der Waals surface area contributed by atoms with E-state index in [1.807, 2.05) is 13.0 Å². The molecule has 25 heavy (non-hydrogen) atoms. The molecule has 2 aliphatic rings. The fourth-order valence-corrected chi connectivity index (χ4v) is 2.93. The Balaban J connectivity index is 2.32. The minimum absolute atomic E-state index is 0.0234. The van der Waals surface area contributed by atoms with Crippen molar-refractivity contribution in [3.63, 3.8) is 0 Å². The zero-order valence-corrected chi connectivity index (χ0v) is 14.4. The number of ether oxygens (including phenoxy) is 1. The lowest BCUT2D eigenvalue weighted by atomic mass is 10.1. The third kappa shape index (κ3) is 3.25. The Morgan fingerprint density at radius 2 is 2.08 bits per heavy atom. The molecule has 0 spiro atoms. The first-order valence-electron chi connectivity index (χ1n) is 7.67. The van der Waals surface area contributed by atoms with E-state index < -0.39 is 17.2 Å². The molecule has 1 N–H and O–H groups in total. The van der Waals surface area contributed by atoms with E-state index in [-0.39, 0.29) is 24.7 Å². The number of hydrogen-bond acceptors (Lipinski definition) is 6. The van der Waals surface area contributed by atoms with E-state index in [1.165, 1.54) is 6.92 Å². The molecule has 9 heteroatoms. The van der Waals surface area contributed by atoms with Crippen LogP contribution in [0.25, 0.3) is 22.6 Å². The highest BCUT2D eigenvalue weighted by Gasteiger charge is 2.19. The Hall–Kier alpha value is -2.74. The van der Waals surface area contributed by atoms with Gasteiger partial charge in [0.15, 0.2) is 11.5 Å². The number of aromatic amines is 1. The predicted molar refractivity (Wildman–Crippen MR) is 92.1 cm³/mol. The SMILES string of the molecule is CCc1cc2c(cc1Cl)nc1c(=O)[nH]c(=O)nc-1n2CCOC(C)=O. The fourth-order valence-electron chi connectivity index (χ4n) is 2.64. The Morgan fingerprint density at radius 3 is 2.76 bits per heavy atom. The first-order valence-corrected chi connectivity index (χ1v) is 8.05. The second-order valence-corrected chi connectivity index (χ2v) is 5.84. The average Bonchev–Trinajstić information content (AvgIpc) is 2.54. The molecule has 130 valence electrons. The molecule has 0 radical (unpaired) electrons. The van der Waals surface area contributed by atoms with Gasteiger partial charge in [-0.3, -0.25) is 14.6 Å². The number of aryl methyl sites for hydroxylation is 1. The monoisotopic (exact) mass is 362 g/mol. The molecule has 1 aromatic carbocycles. The summed E-state index contributed by atoms with van der Waals surface area (Å²) in [7, 11) is 0. The van der Waals surface area contributed by atoms with Gasteiger partial charge in [-0.15, -0.1) is 0 Å². The third-order valence-electron chi connectivity index (χ3n) is 3.78. The summed E-state index contributed by atoms with van der Waals surface area (Å²) < 4.78 is 6.63. The summed E-state index contributed by atoms with van der Waals surface area (Å²) in [4.78, 5) is 45.0. The van der Waals surface area contributed by atoms with E-state index in [0.29, 0.717) is 22.5 Å². The van der Waals surface area contributed by atoms with Crippen LogP contribution in [0.4, 0.5) is 0 Å². The standard InChI is InChI=1S/C16H15ClN4O4/c1-3-9-6-12-11(7-10(9)17)18-13-14(19-16(24)20-15(13)23)21(12)4-5-25-8(2)22/h6-7H,3-5H2,1-2H3,(H,20,23,24). The number of fused-ring (bicyclic) bond motifs is 2. The molecule has 2 aliphatic heterocycles. The number of esters is 1. The normalized spacial score (nSPS) is 11.2. The summed E-state index contributed by atoms with van der Waals surface area (Å²) >= 11 is 6.25. The summed E-state index contributed by atoms with van der Waals surface area (Å²) in [5, 5.41) is 0.540. The number of H-pyrrole nitrogens is 1. The van der Waals surface area contributed by atoms with Crippen LogP contribution in [-0.4, -0.2) is 32.1 Å². The predicted octanol–water partition coefficient (Wildman–Crippen LogP) is 1.36. The van der Waals surface area contributed by atoms with E-state index in [4.69, 9.17) is 16.3 Å². The van der Waals surface area contributed by atoms with Crippen LogP contribution in [0.1, 0.15) is 19.4 Å². The molecular formula is C16H15ClN4O4. The topological polar surface area (TPSA) is 107 Å². The molecular weight excluding hydrogens is 348 g/mol. The fraction of sp³-hybridized carbons (Fsp3) is 0.312. The maximum absolute atomic E-state index is 12.1. The van der Waals surface area contributed by atoms with Gasteiger partial charge >= 0.3 is 11.7 Å². The smallest absolute Gasteiger partial charge is 0.349 e. The lowest BCUT2D eigenvalue weighted by Gasteiger charge is -2.17. The zero-order chi connectivity index (χ0) is 18.1. The number of halogens is 1. The molecule has 3 rings (SSSR count). The van der Waals surface area contributed by atoms with Crippen molar-refractivity contribution in [1.82, 2.24) is 19.5 Å². The molecule has 0 bridgehead atoms. The Kier molecular flexibility index (Phi) is 4.54. The first-order chi connectivity index (χ1) is 11.9. The second kappa shape index (κ2) is 6.64. The lowest BCUT2D eigenvalue weighted by molar-refractivity contribution is -0.141. The van der Waals surface area contributed by atoms with Crippen LogP contribution < -0.4 is 11.2 Å². The number of rotatable bonds is 4. The highest BCUT2D eigenvalue weighted by atomic mass is 35.5. The van der Waals surface area contributed by atoms with Crippen LogP contribution in [0.3, 0.4) is 0 Å². The Bertz CT molecular complexity index is 1060. The summed E-state index contributed by atoms with van der Waals surface area (Å²) in [5.74, 6) is -0.284. The Labute approximate surface area is 146 Å². The molecule has 0 fully saturated rings. The highest BCUT2D eigenvalue weighted by molar-refractivity contribution is 6.32. The Morgan fingerprint density at radius 1 is 1.32 bits per heavy atom. The molecule has 8 nitrogen and oxygen atoms in total. The number of aromatic nitrogens is 4. The lowest BCUT2D eigenvalue weighted by Crippen LogP contribution is -2.29. The van der Waals surface area contributed by atoms with Gasteiger partial charge in [-0.2, -0.15) is 4.98 Å². The van der Waals surface area contributed by atoms with Crippen LogP contribution >= 0.6 is 11.6 Å². The van der Waals surface area contributed by atoms with Gasteiger partial charge in [0.2, 0.25) is 0 Å². The zero-order valence-electron chi connectivity index (χ0n) is 13.6. The maximum atomic E-state index is 12.1. The number of nitrogens with zero attached hydrogens (tertiary/aromatic N) is 3. The van der Waals surface area contributed by atoms with Crippen molar-refractivity contribution >= 4 is 28.6 Å². The number of carbonyl (C=O) groups is 1. The van der Waals surface area contributed by atoms with Crippen LogP contribution in [0.2, 0.25) is 5.02 Å². The highest BCUT2D eigenvalue weighted by Crippen LogP contribution is 2.27. The minimum Gasteiger partial charge on any atom is -0.464 e. The van der Waals surface area contributed by atoms with Gasteiger partial charge in [-0.1, -0.05) is 18.5 Å². The number of carbonyl (C=O) groups excluding carboxylic acids is 1. The largest absolute Gasteiger partial charge is 0.464 e. The summed E-state index contributed by atoms with van der Waals surface area (Å²) in [6.45, 7) is 3.56. The van der Waals surface area contributed by atoms with Crippen molar-refractivity contribution in [1.29, 1.82) is 0 Å². The van der Waals surface area contributed by atoms with Crippen LogP contribution in [0, 0.1) is 0 Å². The molecule has 0 aromatic heterocycles. The first kappa shape index (κ1) is 17.1. The number of nitrogens with one attached hydrogen (secondary N) is 1. The van der Waals surface area contributed by atoms with Gasteiger partial charge in [-0.25, -0.2) is 9.78 Å². The maximum Gasteiger partial charge on any atom is 0.349 e. The summed E-state index contributed by atoms with van der Waals surface area (Å²) in [6, 6.07) is 3.51. The van der Waals surface area contributed by atoms with Crippen molar-refractivity contribution in [3.05, 3.63) is 43.6 Å². The molecule has 0 amide bonds. The van der Waals surface area contributed by atoms with E-state index in [1.54, 1.807) is 10.6 Å². The van der Waals surface area contributed by atoms with Gasteiger partial charge in [0, 0.05) is 11.9 Å². The van der Waals surface area contributed by atoms with Crippen LogP contribution in [0.15, 0.2) is 21.7 Å². The number of benzene rings is 1. The van der Waals surface area contributed by atoms with Crippen molar-refractivity contribution < 1.29 is 9.53 Å². The number of hydrogen-bond donors (Lipinski definition) is 1. The van der Waals surface area contributed by atoms with Gasteiger partial charge in [-0.05, 0) is 24.1 Å². The summed E-state index contributed by atoms with van der Waals surface area (Å²) in [6.07, 6.45) is 0.701. The minimum atomic E-state index is -0.760. The van der Waals surface area contributed by atoms with Gasteiger partial charge in [0.05, 0.1) is 17.6 Å².